The number of anilines is 1. The molecule has 1 unspecified atom stereocenters. The summed E-state index contributed by atoms with van der Waals surface area (Å²) in [6, 6.07) is 21.2. The summed E-state index contributed by atoms with van der Waals surface area (Å²) in [5.74, 6) is 1.53. The Kier molecular flexibility index (Phi) is 6.03. The molecule has 0 saturated carbocycles. The predicted molar refractivity (Wildman–Crippen MR) is 136 cm³/mol. The van der Waals surface area contributed by atoms with Crippen LogP contribution in [0.1, 0.15) is 48.0 Å². The first-order valence-electron chi connectivity index (χ1n) is 11.7. The van der Waals surface area contributed by atoms with Gasteiger partial charge in [0.15, 0.2) is 5.43 Å². The van der Waals surface area contributed by atoms with Crippen LogP contribution >= 0.6 is 0 Å². The number of nitrogens with zero attached hydrogens (tertiary/aromatic N) is 1. The highest BCUT2D eigenvalue weighted by atomic mass is 16.5. The Balaban J connectivity index is 1.68. The number of ether oxygens (including phenoxy) is 2. The van der Waals surface area contributed by atoms with Crippen molar-refractivity contribution in [3.8, 4) is 11.5 Å². The minimum atomic E-state index is -0.667. The number of methoxy groups -OCH3 is 1. The number of carbonyl (C=O) groups excluding carboxylic acids is 1. The van der Waals surface area contributed by atoms with Gasteiger partial charge in [0.1, 0.15) is 17.1 Å². The number of amides is 1. The highest BCUT2D eigenvalue weighted by Crippen LogP contribution is 2.42. The van der Waals surface area contributed by atoms with Crippen LogP contribution in [0.3, 0.4) is 0 Å². The molecule has 1 aliphatic heterocycles. The molecule has 1 aliphatic rings. The smallest absolute Gasteiger partial charge is 0.295 e. The van der Waals surface area contributed by atoms with E-state index in [2.05, 4.69) is 13.8 Å². The van der Waals surface area contributed by atoms with Gasteiger partial charge in [-0.1, -0.05) is 44.2 Å². The molecule has 35 heavy (non-hydrogen) atoms. The van der Waals surface area contributed by atoms with Gasteiger partial charge in [0.2, 0.25) is 5.76 Å². The Morgan fingerprint density at radius 2 is 1.71 bits per heavy atom. The Bertz CT molecular complexity index is 1460. The molecule has 1 amide bonds. The second-order valence-corrected chi connectivity index (χ2v) is 9.05. The fourth-order valence-electron chi connectivity index (χ4n) is 4.45. The van der Waals surface area contributed by atoms with E-state index in [0.717, 1.165) is 12.0 Å². The number of hydrogen-bond acceptors (Lipinski definition) is 5. The zero-order chi connectivity index (χ0) is 24.5. The van der Waals surface area contributed by atoms with E-state index < -0.39 is 6.04 Å². The van der Waals surface area contributed by atoms with Gasteiger partial charge in [-0.25, -0.2) is 0 Å². The van der Waals surface area contributed by atoms with E-state index in [1.807, 2.05) is 42.5 Å². The van der Waals surface area contributed by atoms with E-state index in [9.17, 15) is 9.59 Å². The SMILES string of the molecule is COc1cccc(N2C(=O)c3oc4ccccc4c(=O)c3C2c2cccc(OCCC(C)C)c2)c1. The van der Waals surface area contributed by atoms with Gasteiger partial charge < -0.3 is 13.9 Å². The molecular formula is C29H27NO5. The van der Waals surface area contributed by atoms with E-state index in [1.165, 1.54) is 0 Å². The quantitative estimate of drug-likeness (QED) is 0.333. The van der Waals surface area contributed by atoms with E-state index >= 15 is 0 Å². The van der Waals surface area contributed by atoms with Gasteiger partial charge in [-0.3, -0.25) is 14.5 Å². The minimum absolute atomic E-state index is 0.0626. The monoisotopic (exact) mass is 469 g/mol. The second kappa shape index (κ2) is 9.29. The van der Waals surface area contributed by atoms with Crippen LogP contribution in [0.5, 0.6) is 11.5 Å². The molecule has 6 nitrogen and oxygen atoms in total. The van der Waals surface area contributed by atoms with Crippen LogP contribution in [0.2, 0.25) is 0 Å². The van der Waals surface area contributed by atoms with Gasteiger partial charge in [0.05, 0.1) is 30.7 Å². The fourth-order valence-corrected chi connectivity index (χ4v) is 4.45. The van der Waals surface area contributed by atoms with Crippen LogP contribution < -0.4 is 19.8 Å². The van der Waals surface area contributed by atoms with Crippen molar-refractivity contribution in [1.29, 1.82) is 0 Å². The maximum absolute atomic E-state index is 13.7. The van der Waals surface area contributed by atoms with Gasteiger partial charge in [-0.2, -0.15) is 0 Å². The minimum Gasteiger partial charge on any atom is -0.497 e. The summed E-state index contributed by atoms with van der Waals surface area (Å²) in [4.78, 5) is 29.0. The Morgan fingerprint density at radius 1 is 0.943 bits per heavy atom. The van der Waals surface area contributed by atoms with Gasteiger partial charge in [0.25, 0.3) is 5.91 Å². The van der Waals surface area contributed by atoms with E-state index in [-0.39, 0.29) is 17.1 Å². The summed E-state index contributed by atoms with van der Waals surface area (Å²) in [5, 5.41) is 0.445. The molecule has 5 rings (SSSR count). The average Bonchev–Trinajstić information content (AvgIpc) is 3.16. The lowest BCUT2D eigenvalue weighted by Gasteiger charge is -2.26. The molecule has 1 atom stereocenters. The topological polar surface area (TPSA) is 69.0 Å². The Morgan fingerprint density at radius 3 is 2.51 bits per heavy atom. The highest BCUT2D eigenvalue weighted by molar-refractivity contribution is 6.10. The zero-order valence-corrected chi connectivity index (χ0v) is 20.0. The van der Waals surface area contributed by atoms with Crippen molar-refractivity contribution in [1.82, 2.24) is 0 Å². The van der Waals surface area contributed by atoms with Gasteiger partial charge >= 0.3 is 0 Å². The van der Waals surface area contributed by atoms with E-state index in [0.29, 0.717) is 46.2 Å². The standard InChI is InChI=1S/C29H27NO5/c1-18(2)14-15-34-22-11-6-8-19(16-22)26-25-27(31)23-12-4-5-13-24(23)35-28(25)29(32)30(26)20-9-7-10-21(17-20)33-3/h4-13,16-18,26H,14-15H2,1-3H3. The van der Waals surface area contributed by atoms with Crippen molar-refractivity contribution in [3.63, 3.8) is 0 Å². The molecule has 0 radical (unpaired) electrons. The molecule has 178 valence electrons. The van der Waals surface area contributed by atoms with Crippen LogP contribution in [0.15, 0.2) is 82.0 Å². The molecular weight excluding hydrogens is 442 g/mol. The average molecular weight is 470 g/mol. The van der Waals surface area contributed by atoms with Crippen molar-refractivity contribution in [2.24, 2.45) is 5.92 Å². The first-order chi connectivity index (χ1) is 17.0. The summed E-state index contributed by atoms with van der Waals surface area (Å²) in [7, 11) is 1.58. The molecule has 6 heteroatoms. The summed E-state index contributed by atoms with van der Waals surface area (Å²) in [6.45, 7) is 4.89. The number of para-hydroxylation sites is 1. The van der Waals surface area contributed by atoms with E-state index in [4.69, 9.17) is 13.9 Å². The van der Waals surface area contributed by atoms with Crippen LogP contribution in [-0.2, 0) is 0 Å². The normalized spacial score (nSPS) is 15.0. The summed E-state index contributed by atoms with van der Waals surface area (Å²) >= 11 is 0. The Labute approximate surface area is 203 Å². The third-order valence-electron chi connectivity index (χ3n) is 6.25. The molecule has 1 aromatic heterocycles. The van der Waals surface area contributed by atoms with Crippen molar-refractivity contribution in [3.05, 3.63) is 99.9 Å². The number of fused-ring (bicyclic) bond motifs is 2. The second-order valence-electron chi connectivity index (χ2n) is 9.05. The molecule has 3 aromatic carbocycles. The molecule has 0 fully saturated rings. The lowest BCUT2D eigenvalue weighted by atomic mass is 9.98. The van der Waals surface area contributed by atoms with Crippen LogP contribution in [-0.4, -0.2) is 19.6 Å². The van der Waals surface area contributed by atoms with Crippen molar-refractivity contribution in [2.75, 3.05) is 18.6 Å². The predicted octanol–water partition coefficient (Wildman–Crippen LogP) is 5.98. The molecule has 0 N–H and O–H groups in total. The first-order valence-corrected chi connectivity index (χ1v) is 11.7. The summed E-state index contributed by atoms with van der Waals surface area (Å²) in [5.41, 5.74) is 1.89. The van der Waals surface area contributed by atoms with Crippen molar-refractivity contribution >= 4 is 22.6 Å². The van der Waals surface area contributed by atoms with Crippen LogP contribution in [0.25, 0.3) is 11.0 Å². The molecule has 0 bridgehead atoms. The van der Waals surface area contributed by atoms with Gasteiger partial charge in [0, 0.05) is 11.8 Å². The van der Waals surface area contributed by atoms with Crippen molar-refractivity contribution in [2.45, 2.75) is 26.3 Å². The molecule has 2 heterocycles. The number of hydrogen-bond donors (Lipinski definition) is 0. The van der Waals surface area contributed by atoms with Gasteiger partial charge in [-0.05, 0) is 54.3 Å². The van der Waals surface area contributed by atoms with Gasteiger partial charge in [-0.15, -0.1) is 0 Å². The molecule has 0 aliphatic carbocycles. The number of benzene rings is 3. The maximum Gasteiger partial charge on any atom is 0.295 e. The fraction of sp³-hybridized carbons (Fsp3) is 0.241. The third kappa shape index (κ3) is 4.16. The first kappa shape index (κ1) is 22.7. The largest absolute Gasteiger partial charge is 0.497 e. The maximum atomic E-state index is 13.7. The number of carbonyl (C=O) groups is 1. The molecule has 4 aromatic rings. The lowest BCUT2D eigenvalue weighted by Crippen LogP contribution is -2.29. The lowest BCUT2D eigenvalue weighted by molar-refractivity contribution is 0.0971. The third-order valence-corrected chi connectivity index (χ3v) is 6.25. The Hall–Kier alpha value is -4.06. The summed E-state index contributed by atoms with van der Waals surface area (Å²) < 4.78 is 17.4. The number of rotatable bonds is 7. The highest BCUT2D eigenvalue weighted by Gasteiger charge is 2.43. The molecule has 0 saturated heterocycles. The van der Waals surface area contributed by atoms with Crippen molar-refractivity contribution < 1.29 is 18.7 Å². The van der Waals surface area contributed by atoms with Crippen LogP contribution in [0.4, 0.5) is 5.69 Å². The van der Waals surface area contributed by atoms with Crippen LogP contribution in [0, 0.1) is 5.92 Å². The summed E-state index contributed by atoms with van der Waals surface area (Å²) in [6.07, 6.45) is 0.931. The molecule has 0 spiro atoms. The zero-order valence-electron chi connectivity index (χ0n) is 20.0. The van der Waals surface area contributed by atoms with E-state index in [1.54, 1.807) is 42.3 Å².